The number of carbonyl (C=O) groups excluding carboxylic acids is 5. The maximum atomic E-state index is 12.9. The van der Waals surface area contributed by atoms with Crippen LogP contribution in [0, 0.1) is 3.57 Å². The lowest BCUT2D eigenvalue weighted by molar-refractivity contribution is -0.133. The number of ether oxygens (including phenoxy) is 1. The molecule has 1 heterocycles. The summed E-state index contributed by atoms with van der Waals surface area (Å²) < 4.78 is 6.19. The van der Waals surface area contributed by atoms with Crippen molar-refractivity contribution in [1.29, 1.82) is 0 Å². The zero-order valence-electron chi connectivity index (χ0n) is 16.4. The third-order valence-corrected chi connectivity index (χ3v) is 4.93. The second kappa shape index (κ2) is 10.2. The number of nitrogens with two attached hydrogens (primary N) is 1. The van der Waals surface area contributed by atoms with E-state index in [-0.39, 0.29) is 13.0 Å². The lowest BCUT2D eigenvalue weighted by Crippen LogP contribution is -2.57. The first kappa shape index (κ1) is 23.4. The maximum Gasteiger partial charge on any atom is 0.332 e. The third kappa shape index (κ3) is 5.81. The highest BCUT2D eigenvalue weighted by molar-refractivity contribution is 14.1. The lowest BCUT2D eigenvalue weighted by Gasteiger charge is -2.35. The molecule has 1 saturated heterocycles. The smallest absolute Gasteiger partial charge is 0.332 e. The Labute approximate surface area is 186 Å². The van der Waals surface area contributed by atoms with Crippen LogP contribution in [0.5, 0.6) is 5.75 Å². The van der Waals surface area contributed by atoms with Gasteiger partial charge in [-0.3, -0.25) is 24.1 Å². The average molecular weight is 531 g/mol. The van der Waals surface area contributed by atoms with Gasteiger partial charge < -0.3 is 21.1 Å². The van der Waals surface area contributed by atoms with Crippen molar-refractivity contribution in [3.8, 4) is 5.75 Å². The van der Waals surface area contributed by atoms with Gasteiger partial charge in [0.2, 0.25) is 23.6 Å². The van der Waals surface area contributed by atoms with Gasteiger partial charge in [-0.25, -0.2) is 9.69 Å². The number of hydrogen-bond donors (Lipinski definition) is 3. The lowest BCUT2D eigenvalue weighted by atomic mass is 10.2. The number of carbonyl (C=O) groups is 5. The van der Waals surface area contributed by atoms with Gasteiger partial charge in [0.15, 0.2) is 0 Å². The number of hydrogen-bond acceptors (Lipinski definition) is 6. The molecule has 0 unspecified atom stereocenters. The molecular weight excluding hydrogens is 509 g/mol. The molecule has 1 fully saturated rings. The summed E-state index contributed by atoms with van der Waals surface area (Å²) in [7, 11) is 1.48. The molecule has 0 aliphatic carbocycles. The van der Waals surface area contributed by atoms with Crippen LogP contribution in [0.3, 0.4) is 0 Å². The van der Waals surface area contributed by atoms with Crippen molar-refractivity contribution in [1.82, 2.24) is 15.5 Å². The Morgan fingerprint density at radius 2 is 2.00 bits per heavy atom. The molecule has 4 N–H and O–H groups in total. The minimum absolute atomic E-state index is 0.0483. The summed E-state index contributed by atoms with van der Waals surface area (Å²) in [5, 5.41) is 4.71. The number of anilines is 1. The number of benzene rings is 1. The first-order valence-electron chi connectivity index (χ1n) is 8.92. The SMILES string of the molecule is COc1ccc(I)cc1N1CCC(=O)N(CNC(=O)[C@H](CC(N)=O)NC(C)=O)C1=O. The second-order valence-corrected chi connectivity index (χ2v) is 7.69. The van der Waals surface area contributed by atoms with Gasteiger partial charge in [0.05, 0.1) is 19.2 Å². The number of urea groups is 1. The van der Waals surface area contributed by atoms with E-state index in [1.807, 2.05) is 6.07 Å². The number of imide groups is 1. The van der Waals surface area contributed by atoms with Crippen molar-refractivity contribution in [2.75, 3.05) is 25.2 Å². The molecule has 162 valence electrons. The molecule has 0 aromatic heterocycles. The highest BCUT2D eigenvalue weighted by atomic mass is 127. The molecule has 11 nitrogen and oxygen atoms in total. The second-order valence-electron chi connectivity index (χ2n) is 6.44. The van der Waals surface area contributed by atoms with E-state index in [2.05, 4.69) is 33.2 Å². The van der Waals surface area contributed by atoms with Gasteiger partial charge in [0.1, 0.15) is 18.5 Å². The van der Waals surface area contributed by atoms with E-state index in [4.69, 9.17) is 10.5 Å². The summed E-state index contributed by atoms with van der Waals surface area (Å²) in [5.41, 5.74) is 5.61. The Balaban J connectivity index is 2.15. The van der Waals surface area contributed by atoms with Gasteiger partial charge in [-0.05, 0) is 40.8 Å². The van der Waals surface area contributed by atoms with E-state index in [0.29, 0.717) is 11.4 Å². The van der Waals surface area contributed by atoms with Crippen LogP contribution in [0.2, 0.25) is 0 Å². The van der Waals surface area contributed by atoms with E-state index in [0.717, 1.165) is 8.47 Å². The zero-order chi connectivity index (χ0) is 22.4. The fraction of sp³-hybridized carbons (Fsp3) is 0.389. The van der Waals surface area contributed by atoms with Crippen LogP contribution in [0.4, 0.5) is 10.5 Å². The van der Waals surface area contributed by atoms with E-state index in [1.54, 1.807) is 12.1 Å². The number of nitrogens with zero attached hydrogens (tertiary/aromatic N) is 2. The van der Waals surface area contributed by atoms with Crippen molar-refractivity contribution < 1.29 is 28.7 Å². The van der Waals surface area contributed by atoms with Crippen molar-refractivity contribution >= 4 is 57.9 Å². The van der Waals surface area contributed by atoms with Crippen LogP contribution < -0.4 is 26.0 Å². The quantitative estimate of drug-likeness (QED) is 0.399. The zero-order valence-corrected chi connectivity index (χ0v) is 18.6. The predicted octanol–water partition coefficient (Wildman–Crippen LogP) is -0.0877. The molecule has 0 bridgehead atoms. The van der Waals surface area contributed by atoms with Gasteiger partial charge in [0, 0.05) is 23.5 Å². The van der Waals surface area contributed by atoms with Crippen molar-refractivity contribution in [2.45, 2.75) is 25.8 Å². The van der Waals surface area contributed by atoms with Crippen LogP contribution in [-0.2, 0) is 19.2 Å². The molecule has 0 saturated carbocycles. The molecule has 0 radical (unpaired) electrons. The number of halogens is 1. The van der Waals surface area contributed by atoms with Gasteiger partial charge in [-0.15, -0.1) is 0 Å². The predicted molar refractivity (Wildman–Crippen MR) is 114 cm³/mol. The molecule has 6 amide bonds. The largest absolute Gasteiger partial charge is 0.495 e. The summed E-state index contributed by atoms with van der Waals surface area (Å²) in [4.78, 5) is 62.3. The first-order chi connectivity index (χ1) is 14.1. The summed E-state index contributed by atoms with van der Waals surface area (Å²) in [6.07, 6.45) is -0.369. The summed E-state index contributed by atoms with van der Waals surface area (Å²) in [6.45, 7) is 0.925. The van der Waals surface area contributed by atoms with Crippen LogP contribution in [-0.4, -0.2) is 60.9 Å². The molecule has 1 aliphatic rings. The Kier molecular flexibility index (Phi) is 7.97. The number of nitrogens with one attached hydrogen (secondary N) is 2. The number of amides is 6. The Bertz CT molecular complexity index is 861. The van der Waals surface area contributed by atoms with Gasteiger partial charge in [0.25, 0.3) is 0 Å². The van der Waals surface area contributed by atoms with E-state index in [1.165, 1.54) is 18.9 Å². The monoisotopic (exact) mass is 531 g/mol. The molecular formula is C18H22IN5O6. The topological polar surface area (TPSA) is 151 Å². The average Bonchev–Trinajstić information content (AvgIpc) is 2.66. The highest BCUT2D eigenvalue weighted by Crippen LogP contribution is 2.32. The molecule has 30 heavy (non-hydrogen) atoms. The molecule has 1 atom stereocenters. The van der Waals surface area contributed by atoms with E-state index < -0.39 is 48.8 Å². The molecule has 1 aliphatic heterocycles. The Hall–Kier alpha value is -2.90. The normalized spacial score (nSPS) is 14.9. The summed E-state index contributed by atoms with van der Waals surface area (Å²) >= 11 is 2.10. The van der Waals surface area contributed by atoms with Crippen LogP contribution in [0.25, 0.3) is 0 Å². The fourth-order valence-electron chi connectivity index (χ4n) is 2.88. The van der Waals surface area contributed by atoms with E-state index in [9.17, 15) is 24.0 Å². The number of methoxy groups -OCH3 is 1. The summed E-state index contributed by atoms with van der Waals surface area (Å²) in [6, 6.07) is 3.46. The van der Waals surface area contributed by atoms with Gasteiger partial charge in [-0.1, -0.05) is 0 Å². The highest BCUT2D eigenvalue weighted by Gasteiger charge is 2.35. The van der Waals surface area contributed by atoms with Crippen LogP contribution >= 0.6 is 22.6 Å². The minimum atomic E-state index is -1.21. The molecule has 1 aromatic carbocycles. The third-order valence-electron chi connectivity index (χ3n) is 4.25. The van der Waals surface area contributed by atoms with Gasteiger partial charge in [-0.2, -0.15) is 0 Å². The van der Waals surface area contributed by atoms with Gasteiger partial charge >= 0.3 is 6.03 Å². The van der Waals surface area contributed by atoms with Crippen molar-refractivity contribution in [3.63, 3.8) is 0 Å². The van der Waals surface area contributed by atoms with Crippen LogP contribution in [0.1, 0.15) is 19.8 Å². The molecule has 2 rings (SSSR count). The van der Waals surface area contributed by atoms with Crippen LogP contribution in [0.15, 0.2) is 18.2 Å². The number of primary amides is 1. The van der Waals surface area contributed by atoms with Crippen molar-refractivity contribution in [2.24, 2.45) is 5.73 Å². The maximum absolute atomic E-state index is 12.9. The first-order valence-corrected chi connectivity index (χ1v) is 10.0. The van der Waals surface area contributed by atoms with E-state index >= 15 is 0 Å². The molecule has 12 heteroatoms. The molecule has 0 spiro atoms. The minimum Gasteiger partial charge on any atom is -0.495 e. The molecule has 1 aromatic rings. The van der Waals surface area contributed by atoms with Crippen molar-refractivity contribution in [3.05, 3.63) is 21.8 Å². The summed E-state index contributed by atoms with van der Waals surface area (Å²) in [5.74, 6) is -2.06. The standard InChI is InChI=1S/C18H22IN5O6/c1-10(25)22-12(8-15(20)26)17(28)21-9-24-16(27)5-6-23(18(24)29)13-7-11(19)3-4-14(13)30-2/h3-4,7,12H,5-6,8-9H2,1-2H3,(H2,20,26)(H,21,28)(H,22,25)/t12-/m0/s1. The Morgan fingerprint density at radius 3 is 2.60 bits per heavy atom. The number of rotatable bonds is 8. The Morgan fingerprint density at radius 1 is 1.30 bits per heavy atom. The fourth-order valence-corrected chi connectivity index (χ4v) is 3.35.